The quantitative estimate of drug-likeness (QED) is 0.478. The average Bonchev–Trinajstić information content (AvgIpc) is 3.19. The van der Waals surface area contributed by atoms with Crippen LogP contribution in [0.5, 0.6) is 0 Å². The van der Waals surface area contributed by atoms with Crippen LogP contribution < -0.4 is 4.90 Å². The van der Waals surface area contributed by atoms with Crippen molar-refractivity contribution in [2.75, 3.05) is 31.1 Å². The lowest BCUT2D eigenvalue weighted by Crippen LogP contribution is -2.50. The Morgan fingerprint density at radius 3 is 2.63 bits per heavy atom. The SMILES string of the molecule is Cc1ccc(Cl)cc1N1CCN([C@H](C)/C(O)=C(\C#N)c2nc3ccccc3[nH]2)CC1. The number of aliphatic hydroxyl groups is 1. The van der Waals surface area contributed by atoms with Crippen LogP contribution in [0.25, 0.3) is 16.6 Å². The highest BCUT2D eigenvalue weighted by Crippen LogP contribution is 2.27. The monoisotopic (exact) mass is 421 g/mol. The fourth-order valence-electron chi connectivity index (χ4n) is 3.96. The van der Waals surface area contributed by atoms with Crippen LogP contribution >= 0.6 is 11.6 Å². The van der Waals surface area contributed by atoms with Crippen molar-refractivity contribution in [2.45, 2.75) is 19.9 Å². The summed E-state index contributed by atoms with van der Waals surface area (Å²) in [5.41, 5.74) is 4.14. The number of allylic oxidation sites excluding steroid dienone is 1. The molecule has 0 unspecified atom stereocenters. The van der Waals surface area contributed by atoms with Crippen LogP contribution in [0, 0.1) is 18.3 Å². The van der Waals surface area contributed by atoms with Gasteiger partial charge in [-0.05, 0) is 43.7 Å². The number of rotatable bonds is 4. The zero-order valence-electron chi connectivity index (χ0n) is 17.1. The molecule has 1 atom stereocenters. The topological polar surface area (TPSA) is 79.2 Å². The molecule has 1 aromatic heterocycles. The Balaban J connectivity index is 1.51. The summed E-state index contributed by atoms with van der Waals surface area (Å²) < 4.78 is 0. The number of nitrogens with one attached hydrogen (secondary N) is 1. The maximum atomic E-state index is 10.9. The molecule has 1 aliphatic heterocycles. The number of imidazole rings is 1. The van der Waals surface area contributed by atoms with Crippen molar-refractivity contribution in [3.63, 3.8) is 0 Å². The lowest BCUT2D eigenvalue weighted by Gasteiger charge is -2.39. The van der Waals surface area contributed by atoms with Gasteiger partial charge < -0.3 is 15.0 Å². The van der Waals surface area contributed by atoms with Gasteiger partial charge in [0.25, 0.3) is 0 Å². The predicted molar refractivity (Wildman–Crippen MR) is 121 cm³/mol. The number of hydrogen-bond acceptors (Lipinski definition) is 5. The molecule has 0 saturated carbocycles. The van der Waals surface area contributed by atoms with Crippen molar-refractivity contribution in [2.24, 2.45) is 0 Å². The zero-order chi connectivity index (χ0) is 21.3. The second kappa shape index (κ2) is 8.39. The van der Waals surface area contributed by atoms with E-state index in [1.165, 1.54) is 5.56 Å². The van der Waals surface area contributed by atoms with Gasteiger partial charge in [0.1, 0.15) is 17.4 Å². The molecule has 2 aromatic carbocycles. The number of fused-ring (bicyclic) bond motifs is 1. The van der Waals surface area contributed by atoms with Gasteiger partial charge in [0, 0.05) is 36.9 Å². The molecule has 0 bridgehead atoms. The number of piperazine rings is 1. The smallest absolute Gasteiger partial charge is 0.152 e. The highest BCUT2D eigenvalue weighted by atomic mass is 35.5. The number of aliphatic hydroxyl groups excluding tert-OH is 1. The molecule has 7 heteroatoms. The van der Waals surface area contributed by atoms with Gasteiger partial charge >= 0.3 is 0 Å². The molecule has 2 heterocycles. The van der Waals surface area contributed by atoms with Gasteiger partial charge in [0.15, 0.2) is 5.82 Å². The summed E-state index contributed by atoms with van der Waals surface area (Å²) >= 11 is 6.18. The molecule has 0 radical (unpaired) electrons. The molecule has 30 heavy (non-hydrogen) atoms. The van der Waals surface area contributed by atoms with Crippen molar-refractivity contribution < 1.29 is 5.11 Å². The fourth-order valence-corrected chi connectivity index (χ4v) is 4.12. The lowest BCUT2D eigenvalue weighted by molar-refractivity contribution is 0.178. The van der Waals surface area contributed by atoms with Crippen LogP contribution in [-0.2, 0) is 0 Å². The summed E-state index contributed by atoms with van der Waals surface area (Å²) in [7, 11) is 0. The molecule has 3 aromatic rings. The number of hydrogen-bond donors (Lipinski definition) is 2. The first kappa shape index (κ1) is 20.3. The number of halogens is 1. The molecule has 154 valence electrons. The molecule has 1 fully saturated rings. The third-order valence-electron chi connectivity index (χ3n) is 5.76. The Morgan fingerprint density at radius 1 is 1.20 bits per heavy atom. The van der Waals surface area contributed by atoms with Crippen molar-refractivity contribution in [1.82, 2.24) is 14.9 Å². The zero-order valence-corrected chi connectivity index (χ0v) is 17.8. The molecule has 6 nitrogen and oxygen atoms in total. The summed E-state index contributed by atoms with van der Waals surface area (Å²) in [4.78, 5) is 12.1. The van der Waals surface area contributed by atoms with Crippen molar-refractivity contribution in [3.05, 3.63) is 64.6 Å². The summed E-state index contributed by atoms with van der Waals surface area (Å²) in [5, 5.41) is 21.3. The highest BCUT2D eigenvalue weighted by molar-refractivity contribution is 6.30. The molecular formula is C23H24ClN5O. The minimum Gasteiger partial charge on any atom is -0.509 e. The maximum Gasteiger partial charge on any atom is 0.152 e. The normalized spacial score (nSPS) is 16.9. The molecule has 1 saturated heterocycles. The molecule has 2 N–H and O–H groups in total. The Labute approximate surface area is 181 Å². The van der Waals surface area contributed by atoms with E-state index in [4.69, 9.17) is 11.6 Å². The lowest BCUT2D eigenvalue weighted by atomic mass is 10.1. The number of benzene rings is 2. The largest absolute Gasteiger partial charge is 0.509 e. The Kier molecular flexibility index (Phi) is 5.67. The number of para-hydroxylation sites is 2. The molecule has 4 rings (SSSR count). The minimum absolute atomic E-state index is 0.0453. The minimum atomic E-state index is -0.282. The van der Waals surface area contributed by atoms with E-state index in [1.54, 1.807) is 0 Å². The van der Waals surface area contributed by atoms with Crippen LogP contribution in [-0.4, -0.2) is 52.2 Å². The average molecular weight is 422 g/mol. The first-order chi connectivity index (χ1) is 14.5. The Hall–Kier alpha value is -3.01. The van der Waals surface area contributed by atoms with Gasteiger partial charge in [-0.3, -0.25) is 4.90 Å². The number of aromatic amines is 1. The van der Waals surface area contributed by atoms with E-state index >= 15 is 0 Å². The van der Waals surface area contributed by atoms with Gasteiger partial charge in [-0.25, -0.2) is 4.98 Å². The van der Waals surface area contributed by atoms with E-state index < -0.39 is 0 Å². The standard InChI is InChI=1S/C23H24ClN5O/c1-15-7-8-17(24)13-21(15)29-11-9-28(10-12-29)16(2)22(30)18(14-25)23-26-19-5-3-4-6-20(19)27-23/h3-8,13,16,30H,9-12H2,1-2H3,(H,26,27)/b22-18-/t16-/m1/s1. The number of aryl methyl sites for hydroxylation is 1. The number of nitriles is 1. The van der Waals surface area contributed by atoms with Crippen LogP contribution in [0.4, 0.5) is 5.69 Å². The van der Waals surface area contributed by atoms with Crippen molar-refractivity contribution >= 4 is 33.9 Å². The number of aromatic nitrogens is 2. The van der Waals surface area contributed by atoms with Crippen LogP contribution in [0.3, 0.4) is 0 Å². The highest BCUT2D eigenvalue weighted by Gasteiger charge is 2.27. The van der Waals surface area contributed by atoms with E-state index in [2.05, 4.69) is 32.8 Å². The van der Waals surface area contributed by atoms with Gasteiger partial charge in [0.05, 0.1) is 17.1 Å². The fraction of sp³-hybridized carbons (Fsp3) is 0.304. The Morgan fingerprint density at radius 2 is 1.93 bits per heavy atom. The van der Waals surface area contributed by atoms with Crippen LogP contribution in [0.15, 0.2) is 48.2 Å². The maximum absolute atomic E-state index is 10.9. The molecule has 0 aliphatic carbocycles. The third kappa shape index (κ3) is 3.87. The van der Waals surface area contributed by atoms with E-state index in [0.717, 1.165) is 47.9 Å². The third-order valence-corrected chi connectivity index (χ3v) is 6.00. The van der Waals surface area contributed by atoms with Gasteiger partial charge in [-0.15, -0.1) is 0 Å². The van der Waals surface area contributed by atoms with Crippen molar-refractivity contribution in [1.29, 1.82) is 5.26 Å². The van der Waals surface area contributed by atoms with E-state index in [0.29, 0.717) is 5.82 Å². The van der Waals surface area contributed by atoms with Gasteiger partial charge in [0.2, 0.25) is 0 Å². The van der Waals surface area contributed by atoms with Gasteiger partial charge in [-0.2, -0.15) is 5.26 Å². The van der Waals surface area contributed by atoms with E-state index in [-0.39, 0.29) is 17.4 Å². The van der Waals surface area contributed by atoms with Crippen molar-refractivity contribution in [3.8, 4) is 6.07 Å². The van der Waals surface area contributed by atoms with E-state index in [9.17, 15) is 10.4 Å². The summed E-state index contributed by atoms with van der Waals surface area (Å²) in [5.74, 6) is 0.445. The number of anilines is 1. The predicted octanol–water partition coefficient (Wildman–Crippen LogP) is 4.53. The molecule has 0 amide bonds. The summed E-state index contributed by atoms with van der Waals surface area (Å²) in [6.45, 7) is 7.21. The Bertz CT molecular complexity index is 1100. The first-order valence-electron chi connectivity index (χ1n) is 10.0. The van der Waals surface area contributed by atoms with Gasteiger partial charge in [-0.1, -0.05) is 29.8 Å². The molecular weight excluding hydrogens is 398 g/mol. The number of H-pyrrole nitrogens is 1. The second-order valence-corrected chi connectivity index (χ2v) is 8.04. The summed E-state index contributed by atoms with van der Waals surface area (Å²) in [6.07, 6.45) is 0. The molecule has 0 spiro atoms. The van der Waals surface area contributed by atoms with E-state index in [1.807, 2.05) is 49.4 Å². The number of nitrogens with zero attached hydrogens (tertiary/aromatic N) is 4. The molecule has 1 aliphatic rings. The first-order valence-corrected chi connectivity index (χ1v) is 10.4. The van der Waals surface area contributed by atoms with Crippen LogP contribution in [0.1, 0.15) is 18.3 Å². The van der Waals surface area contributed by atoms with Crippen LogP contribution in [0.2, 0.25) is 5.02 Å². The summed E-state index contributed by atoms with van der Waals surface area (Å²) in [6, 6.07) is 15.4. The second-order valence-electron chi connectivity index (χ2n) is 7.60.